The molecule has 1 saturated heterocycles. The molecular formula is C21H26FN5O. The van der Waals surface area contributed by atoms with E-state index in [2.05, 4.69) is 45.2 Å². The minimum absolute atomic E-state index is 0.00255. The highest BCUT2D eigenvalue weighted by molar-refractivity contribution is 5.80. The molecule has 6 nitrogen and oxygen atoms in total. The average molecular weight is 383 g/mol. The number of hydrazone groups is 1. The fourth-order valence-electron chi connectivity index (χ4n) is 4.30. The highest BCUT2D eigenvalue weighted by atomic mass is 19.1. The maximum absolute atomic E-state index is 13.5. The molecule has 2 aromatic carbocycles. The van der Waals surface area contributed by atoms with Gasteiger partial charge in [0.25, 0.3) is 0 Å². The third-order valence-electron chi connectivity index (χ3n) is 5.54. The van der Waals surface area contributed by atoms with Gasteiger partial charge < -0.3 is 5.32 Å². The summed E-state index contributed by atoms with van der Waals surface area (Å²) in [6, 6.07) is 17.3. The Hall–Kier alpha value is -2.48. The minimum atomic E-state index is -0.215. The second-order valence-electron chi connectivity index (χ2n) is 7.20. The number of hydrogen-bond acceptors (Lipinski definition) is 6. The Bertz CT molecular complexity index is 813. The first kappa shape index (κ1) is 18.9. The fraction of sp³-hybridized carbons (Fsp3) is 0.381. The number of nitrogens with one attached hydrogen (secondary N) is 2. The molecule has 0 bridgehead atoms. The van der Waals surface area contributed by atoms with Gasteiger partial charge in [-0.3, -0.25) is 4.84 Å². The van der Waals surface area contributed by atoms with Crippen molar-refractivity contribution in [1.82, 2.24) is 21.1 Å². The lowest BCUT2D eigenvalue weighted by Crippen LogP contribution is -2.51. The normalized spacial score (nSPS) is 24.0. The van der Waals surface area contributed by atoms with E-state index < -0.39 is 0 Å². The largest absolute Gasteiger partial charge is 0.310 e. The maximum atomic E-state index is 13.5. The molecule has 0 aliphatic carbocycles. The van der Waals surface area contributed by atoms with Crippen LogP contribution in [0.3, 0.4) is 0 Å². The number of halogens is 1. The van der Waals surface area contributed by atoms with Gasteiger partial charge in [-0.15, -0.1) is 5.10 Å². The predicted molar refractivity (Wildman–Crippen MR) is 106 cm³/mol. The van der Waals surface area contributed by atoms with Gasteiger partial charge in [-0.25, -0.2) is 9.40 Å². The molecule has 2 heterocycles. The van der Waals surface area contributed by atoms with Crippen LogP contribution in [0.15, 0.2) is 59.7 Å². The number of amidine groups is 1. The first-order chi connectivity index (χ1) is 13.7. The van der Waals surface area contributed by atoms with E-state index in [4.69, 9.17) is 4.84 Å². The van der Waals surface area contributed by atoms with Crippen LogP contribution < -0.4 is 10.9 Å². The molecule has 2 aliphatic rings. The minimum Gasteiger partial charge on any atom is -0.310 e. The van der Waals surface area contributed by atoms with E-state index in [9.17, 15) is 4.39 Å². The summed E-state index contributed by atoms with van der Waals surface area (Å²) in [7, 11) is 1.62. The number of rotatable bonds is 5. The monoisotopic (exact) mass is 383 g/mol. The number of hydrogen-bond donors (Lipinski definition) is 2. The van der Waals surface area contributed by atoms with E-state index in [0.29, 0.717) is 0 Å². The van der Waals surface area contributed by atoms with Crippen molar-refractivity contribution in [1.29, 1.82) is 0 Å². The second kappa shape index (κ2) is 8.26. The molecule has 148 valence electrons. The van der Waals surface area contributed by atoms with E-state index >= 15 is 0 Å². The van der Waals surface area contributed by atoms with E-state index in [1.54, 1.807) is 12.4 Å². The standard InChI is InChI=1S/C21H26FN5O/c1-15-24-25-27(28-2)26(15)21(17-7-4-3-5-8-17)19-9-6-14-23-20(19)16-10-12-18(22)13-11-16/h3-5,7-8,10-13,19-21,23,25H,6,9,14H2,1-2H3/t19-,20-,21?/m1/s1. The lowest BCUT2D eigenvalue weighted by molar-refractivity contribution is -0.280. The summed E-state index contributed by atoms with van der Waals surface area (Å²) in [5, 5.41) is 11.6. The topological polar surface area (TPSA) is 52.1 Å². The SMILES string of the molecule is CON1NN=C(C)N1C(c1ccccc1)[C@@H]1CCCN[C@@H]1c1ccc(F)cc1. The molecule has 7 heteroatoms. The number of nitrogens with zero attached hydrogens (tertiary/aromatic N) is 3. The summed E-state index contributed by atoms with van der Waals surface area (Å²) >= 11 is 0. The van der Waals surface area contributed by atoms with E-state index in [1.165, 1.54) is 17.7 Å². The van der Waals surface area contributed by atoms with Crippen LogP contribution in [0.2, 0.25) is 0 Å². The zero-order valence-electron chi connectivity index (χ0n) is 16.2. The summed E-state index contributed by atoms with van der Waals surface area (Å²) in [6.45, 7) is 2.91. The Morgan fingerprint density at radius 2 is 1.89 bits per heavy atom. The quantitative estimate of drug-likeness (QED) is 0.827. The Morgan fingerprint density at radius 1 is 1.14 bits per heavy atom. The van der Waals surface area contributed by atoms with Crippen LogP contribution in [0.1, 0.15) is 43.0 Å². The fourth-order valence-corrected chi connectivity index (χ4v) is 4.30. The van der Waals surface area contributed by atoms with Gasteiger partial charge in [0.05, 0.1) is 13.2 Å². The summed E-state index contributed by atoms with van der Waals surface area (Å²) in [4.78, 5) is 5.51. The van der Waals surface area contributed by atoms with Crippen molar-refractivity contribution in [2.75, 3.05) is 13.7 Å². The molecule has 2 aliphatic heterocycles. The van der Waals surface area contributed by atoms with Crippen LogP contribution in [-0.2, 0) is 4.84 Å². The number of hydrazine groups is 2. The van der Waals surface area contributed by atoms with E-state index in [0.717, 1.165) is 30.8 Å². The average Bonchev–Trinajstić information content (AvgIpc) is 3.11. The van der Waals surface area contributed by atoms with Crippen LogP contribution in [0.25, 0.3) is 0 Å². The van der Waals surface area contributed by atoms with Gasteiger partial charge in [0, 0.05) is 17.2 Å². The third kappa shape index (κ3) is 3.61. The zero-order chi connectivity index (χ0) is 19.5. The first-order valence-corrected chi connectivity index (χ1v) is 9.66. The highest BCUT2D eigenvalue weighted by Gasteiger charge is 2.41. The van der Waals surface area contributed by atoms with Crippen LogP contribution in [-0.4, -0.2) is 29.8 Å². The van der Waals surface area contributed by atoms with Crippen molar-refractivity contribution < 1.29 is 9.23 Å². The van der Waals surface area contributed by atoms with E-state index in [1.807, 2.05) is 25.1 Å². The second-order valence-corrected chi connectivity index (χ2v) is 7.20. The number of piperidine rings is 1. The lowest BCUT2D eigenvalue weighted by Gasteiger charge is -2.44. The molecule has 0 saturated carbocycles. The Morgan fingerprint density at radius 3 is 2.61 bits per heavy atom. The van der Waals surface area contributed by atoms with Crippen LogP contribution in [0, 0.1) is 11.7 Å². The van der Waals surface area contributed by atoms with Crippen LogP contribution in [0.5, 0.6) is 0 Å². The van der Waals surface area contributed by atoms with E-state index in [-0.39, 0.29) is 23.8 Å². The Kier molecular flexibility index (Phi) is 5.57. The molecule has 0 aromatic heterocycles. The molecule has 28 heavy (non-hydrogen) atoms. The van der Waals surface area contributed by atoms with Gasteiger partial charge in [-0.1, -0.05) is 42.5 Å². The zero-order valence-corrected chi connectivity index (χ0v) is 16.2. The molecule has 1 unspecified atom stereocenters. The molecule has 2 aromatic rings. The van der Waals surface area contributed by atoms with Crippen molar-refractivity contribution in [3.8, 4) is 0 Å². The summed E-state index contributed by atoms with van der Waals surface area (Å²) < 4.78 is 13.5. The first-order valence-electron chi connectivity index (χ1n) is 9.66. The van der Waals surface area contributed by atoms with Gasteiger partial charge in [-0.05, 0) is 49.6 Å². The summed E-state index contributed by atoms with van der Waals surface area (Å²) in [6.07, 6.45) is 2.12. The molecule has 0 spiro atoms. The van der Waals surface area contributed by atoms with Crippen molar-refractivity contribution in [3.63, 3.8) is 0 Å². The van der Waals surface area contributed by atoms with Crippen LogP contribution >= 0.6 is 0 Å². The van der Waals surface area contributed by atoms with Crippen molar-refractivity contribution >= 4 is 5.84 Å². The maximum Gasteiger partial charge on any atom is 0.141 e. The van der Waals surface area contributed by atoms with Gasteiger partial charge >= 0.3 is 0 Å². The molecular weight excluding hydrogens is 357 g/mol. The molecule has 0 radical (unpaired) electrons. The van der Waals surface area contributed by atoms with Gasteiger partial charge in [0.15, 0.2) is 0 Å². The smallest absolute Gasteiger partial charge is 0.141 e. The summed E-state index contributed by atoms with van der Waals surface area (Å²) in [5.74, 6) is 0.858. The van der Waals surface area contributed by atoms with Crippen molar-refractivity contribution in [3.05, 3.63) is 71.5 Å². The predicted octanol–water partition coefficient (Wildman–Crippen LogP) is 3.54. The molecule has 2 N–H and O–H groups in total. The van der Waals surface area contributed by atoms with Gasteiger partial charge in [0.1, 0.15) is 11.7 Å². The summed E-state index contributed by atoms with van der Waals surface area (Å²) in [5.41, 5.74) is 5.19. The Labute approximate surface area is 164 Å². The molecule has 1 fully saturated rings. The Balaban J connectivity index is 1.76. The third-order valence-corrected chi connectivity index (χ3v) is 5.54. The van der Waals surface area contributed by atoms with Crippen molar-refractivity contribution in [2.45, 2.75) is 31.8 Å². The van der Waals surface area contributed by atoms with Crippen molar-refractivity contribution in [2.24, 2.45) is 11.0 Å². The van der Waals surface area contributed by atoms with Gasteiger partial charge in [-0.2, -0.15) is 5.53 Å². The van der Waals surface area contributed by atoms with Gasteiger partial charge in [0.2, 0.25) is 0 Å². The van der Waals surface area contributed by atoms with Crippen LogP contribution in [0.4, 0.5) is 4.39 Å². The number of benzene rings is 2. The molecule has 4 rings (SSSR count). The molecule has 0 amide bonds. The molecule has 3 atom stereocenters. The lowest BCUT2D eigenvalue weighted by atomic mass is 9.78. The highest BCUT2D eigenvalue weighted by Crippen LogP contribution is 2.43.